The average Bonchev–Trinajstić information content (AvgIpc) is 3.54. The van der Waals surface area contributed by atoms with E-state index in [-0.39, 0.29) is 0 Å². The molecule has 3 nitrogen and oxygen atoms in total. The summed E-state index contributed by atoms with van der Waals surface area (Å²) in [6, 6.07) is 59.3. The van der Waals surface area contributed by atoms with E-state index in [9.17, 15) is 0 Å². The summed E-state index contributed by atoms with van der Waals surface area (Å²) < 4.78 is 0. The highest BCUT2D eigenvalue weighted by Crippen LogP contribution is 2.58. The molecular weight excluding hydrogens is 619 g/mol. The van der Waals surface area contributed by atoms with Crippen LogP contribution in [-0.4, -0.2) is 9.97 Å². The number of hydrogen-bond donors (Lipinski definition) is 0. The fourth-order valence-corrected chi connectivity index (χ4v) is 8.09. The molecule has 0 spiro atoms. The summed E-state index contributed by atoms with van der Waals surface area (Å²) in [5.41, 5.74) is 15.8. The summed E-state index contributed by atoms with van der Waals surface area (Å²) in [7, 11) is 0. The monoisotopic (exact) mass is 649 g/mol. The van der Waals surface area contributed by atoms with Crippen molar-refractivity contribution < 1.29 is 0 Å². The van der Waals surface area contributed by atoms with Gasteiger partial charge in [0.15, 0.2) is 0 Å². The Morgan fingerprint density at radius 1 is 0.294 bits per heavy atom. The van der Waals surface area contributed by atoms with Gasteiger partial charge < -0.3 is 4.90 Å². The highest BCUT2D eigenvalue weighted by Gasteiger charge is 2.31. The maximum Gasteiger partial charge on any atom is 0.0492 e. The predicted molar refractivity (Wildman–Crippen MR) is 212 cm³/mol. The van der Waals surface area contributed by atoms with Crippen LogP contribution in [0.3, 0.4) is 0 Å². The Kier molecular flexibility index (Phi) is 6.81. The zero-order chi connectivity index (χ0) is 33.7. The first-order chi connectivity index (χ1) is 25.3. The van der Waals surface area contributed by atoms with Crippen molar-refractivity contribution in [3.63, 3.8) is 0 Å². The van der Waals surface area contributed by atoms with E-state index < -0.39 is 0 Å². The molecule has 1 aliphatic rings. The number of anilines is 3. The predicted octanol–water partition coefficient (Wildman–Crippen LogP) is 12.9. The first-order valence-corrected chi connectivity index (χ1v) is 17.3. The minimum absolute atomic E-state index is 1.04. The Bertz CT molecular complexity index is 2580. The summed E-state index contributed by atoms with van der Waals surface area (Å²) in [5.74, 6) is 0. The Labute approximate surface area is 296 Å². The largest absolute Gasteiger partial charge is 0.310 e. The SMILES string of the molecule is c1ccc(-c2c3c(c(-c4ccccc4)c4ccccc24)-c2ccc(-c4ccc(N(c5ccncc5)c5ccncc5)cc4)c4cccc-3c24)cc1. The van der Waals surface area contributed by atoms with Gasteiger partial charge in [-0.15, -0.1) is 0 Å². The summed E-state index contributed by atoms with van der Waals surface area (Å²) in [5, 5.41) is 5.12. The number of hydrogen-bond acceptors (Lipinski definition) is 3. The average molecular weight is 650 g/mol. The van der Waals surface area contributed by atoms with Gasteiger partial charge >= 0.3 is 0 Å². The van der Waals surface area contributed by atoms with Crippen LogP contribution in [0.2, 0.25) is 0 Å². The van der Waals surface area contributed by atoms with Gasteiger partial charge in [0.05, 0.1) is 0 Å². The van der Waals surface area contributed by atoms with Crippen molar-refractivity contribution in [1.29, 1.82) is 0 Å². The Morgan fingerprint density at radius 3 is 1.29 bits per heavy atom. The normalized spacial score (nSPS) is 11.5. The van der Waals surface area contributed by atoms with Gasteiger partial charge in [0.1, 0.15) is 0 Å². The maximum absolute atomic E-state index is 4.25. The van der Waals surface area contributed by atoms with Crippen molar-refractivity contribution in [1.82, 2.24) is 9.97 Å². The van der Waals surface area contributed by atoms with Gasteiger partial charge in [-0.25, -0.2) is 0 Å². The molecule has 3 heteroatoms. The lowest BCUT2D eigenvalue weighted by Crippen LogP contribution is -2.09. The van der Waals surface area contributed by atoms with Crippen molar-refractivity contribution >= 4 is 38.6 Å². The Balaban J connectivity index is 1.19. The maximum atomic E-state index is 4.25. The summed E-state index contributed by atoms with van der Waals surface area (Å²) in [6.07, 6.45) is 7.33. The number of benzene rings is 7. The molecule has 0 bridgehead atoms. The molecule has 2 aromatic heterocycles. The molecule has 0 amide bonds. The van der Waals surface area contributed by atoms with Crippen molar-refractivity contribution in [2.24, 2.45) is 0 Å². The van der Waals surface area contributed by atoms with E-state index in [0.29, 0.717) is 0 Å². The van der Waals surface area contributed by atoms with Crippen molar-refractivity contribution in [2.45, 2.75) is 0 Å². The van der Waals surface area contributed by atoms with E-state index in [1.165, 1.54) is 77.2 Å². The smallest absolute Gasteiger partial charge is 0.0492 e. The van der Waals surface area contributed by atoms with Crippen LogP contribution in [0.1, 0.15) is 0 Å². The second kappa shape index (κ2) is 11.9. The van der Waals surface area contributed by atoms with Crippen LogP contribution in [-0.2, 0) is 0 Å². The molecule has 0 N–H and O–H groups in total. The first-order valence-electron chi connectivity index (χ1n) is 17.3. The Hall–Kier alpha value is -6.84. The molecule has 7 aromatic carbocycles. The molecule has 0 unspecified atom stereocenters. The summed E-state index contributed by atoms with van der Waals surface area (Å²) in [6.45, 7) is 0. The molecule has 0 atom stereocenters. The zero-order valence-corrected chi connectivity index (χ0v) is 27.7. The fraction of sp³-hybridized carbons (Fsp3) is 0. The number of rotatable bonds is 6. The lowest BCUT2D eigenvalue weighted by atomic mass is 9.82. The van der Waals surface area contributed by atoms with Gasteiger partial charge in [0.2, 0.25) is 0 Å². The van der Waals surface area contributed by atoms with Crippen LogP contribution in [0.4, 0.5) is 17.1 Å². The molecule has 0 saturated heterocycles. The van der Waals surface area contributed by atoms with Crippen molar-refractivity contribution in [3.05, 3.63) is 189 Å². The molecule has 0 radical (unpaired) electrons. The third kappa shape index (κ3) is 4.67. The molecule has 2 heterocycles. The highest BCUT2D eigenvalue weighted by atomic mass is 15.1. The van der Waals surface area contributed by atoms with Crippen LogP contribution in [0, 0.1) is 0 Å². The van der Waals surface area contributed by atoms with Gasteiger partial charge in [-0.3, -0.25) is 9.97 Å². The van der Waals surface area contributed by atoms with E-state index >= 15 is 0 Å². The van der Waals surface area contributed by atoms with Crippen molar-refractivity contribution in [3.8, 4) is 55.6 Å². The standard InChI is InChI=1S/C48H31N3/c1-3-10-33(11-4-1)44-40-14-7-8-15-41(40)45(34-12-5-2-6-13-34)48-43-23-22-38(39-16-9-17-42(46(39)43)47(44)48)32-18-20-35(21-19-32)51(36-24-28-49-29-25-36)37-26-30-50-31-27-37/h1-31H. The van der Waals surface area contributed by atoms with Gasteiger partial charge in [0.25, 0.3) is 0 Å². The molecular formula is C48H31N3. The van der Waals surface area contributed by atoms with Gasteiger partial charge in [0, 0.05) is 41.8 Å². The van der Waals surface area contributed by atoms with E-state index in [4.69, 9.17) is 0 Å². The number of aromatic nitrogens is 2. The molecule has 0 saturated carbocycles. The van der Waals surface area contributed by atoms with Gasteiger partial charge in [-0.05, 0) is 114 Å². The van der Waals surface area contributed by atoms with E-state index in [1.54, 1.807) is 0 Å². The minimum Gasteiger partial charge on any atom is -0.310 e. The van der Waals surface area contributed by atoms with Crippen molar-refractivity contribution in [2.75, 3.05) is 4.90 Å². The highest BCUT2D eigenvalue weighted by molar-refractivity contribution is 6.28. The zero-order valence-electron chi connectivity index (χ0n) is 27.7. The third-order valence-electron chi connectivity index (χ3n) is 10.2. The fourth-order valence-electron chi connectivity index (χ4n) is 8.09. The van der Waals surface area contributed by atoms with Crippen LogP contribution < -0.4 is 4.90 Å². The molecule has 1 aliphatic carbocycles. The quantitative estimate of drug-likeness (QED) is 0.179. The third-order valence-corrected chi connectivity index (χ3v) is 10.2. The number of pyridine rings is 2. The second-order valence-corrected chi connectivity index (χ2v) is 13.0. The number of nitrogens with zero attached hydrogens (tertiary/aromatic N) is 3. The molecule has 10 rings (SSSR count). The van der Waals surface area contributed by atoms with Crippen LogP contribution in [0.15, 0.2) is 189 Å². The van der Waals surface area contributed by atoms with E-state index in [0.717, 1.165) is 17.1 Å². The van der Waals surface area contributed by atoms with Crippen LogP contribution in [0.25, 0.3) is 77.2 Å². The molecule has 51 heavy (non-hydrogen) atoms. The van der Waals surface area contributed by atoms with Gasteiger partial charge in [-0.1, -0.05) is 127 Å². The number of fused-ring (bicyclic) bond motifs is 4. The van der Waals surface area contributed by atoms with E-state index in [2.05, 4.69) is 154 Å². The summed E-state index contributed by atoms with van der Waals surface area (Å²) >= 11 is 0. The lowest BCUT2D eigenvalue weighted by molar-refractivity contribution is 1.22. The van der Waals surface area contributed by atoms with Crippen LogP contribution in [0.5, 0.6) is 0 Å². The van der Waals surface area contributed by atoms with Crippen LogP contribution >= 0.6 is 0 Å². The van der Waals surface area contributed by atoms with Gasteiger partial charge in [-0.2, -0.15) is 0 Å². The first kappa shape index (κ1) is 29.1. The topological polar surface area (TPSA) is 29.0 Å². The second-order valence-electron chi connectivity index (χ2n) is 13.0. The molecule has 0 fully saturated rings. The van der Waals surface area contributed by atoms with E-state index in [1.807, 2.05) is 49.1 Å². The molecule has 0 aliphatic heterocycles. The molecule has 9 aromatic rings. The Morgan fingerprint density at radius 2 is 0.745 bits per heavy atom. The minimum atomic E-state index is 1.04. The summed E-state index contributed by atoms with van der Waals surface area (Å²) in [4.78, 5) is 10.7. The molecule has 238 valence electrons. The lowest BCUT2D eigenvalue weighted by Gasteiger charge is -2.25.